The molecule has 2 heterocycles. The number of nitrogens with zero attached hydrogens (tertiary/aromatic N) is 2. The Kier molecular flexibility index (Phi) is 4.27. The van der Waals surface area contributed by atoms with Crippen LogP contribution in [-0.2, 0) is 4.74 Å². The SMILES string of the molecule is CNCC(c1cccnc1)N1CCOCC1. The summed E-state index contributed by atoms with van der Waals surface area (Å²) in [6, 6.07) is 4.55. The van der Waals surface area contributed by atoms with Gasteiger partial charge in [-0.1, -0.05) is 6.07 Å². The summed E-state index contributed by atoms with van der Waals surface area (Å²) >= 11 is 0. The molecule has 1 aliphatic rings. The lowest BCUT2D eigenvalue weighted by atomic mass is 10.1. The van der Waals surface area contributed by atoms with E-state index in [1.54, 1.807) is 0 Å². The average Bonchev–Trinajstić information content (AvgIpc) is 2.38. The number of rotatable bonds is 4. The van der Waals surface area contributed by atoms with Crippen molar-refractivity contribution in [2.24, 2.45) is 0 Å². The number of aromatic nitrogens is 1. The van der Waals surface area contributed by atoms with Crippen molar-refractivity contribution >= 4 is 0 Å². The van der Waals surface area contributed by atoms with Crippen LogP contribution < -0.4 is 5.32 Å². The Hall–Kier alpha value is -0.970. The first-order valence-electron chi connectivity index (χ1n) is 5.78. The molecule has 16 heavy (non-hydrogen) atoms. The Morgan fingerprint density at radius 1 is 1.50 bits per heavy atom. The number of pyridine rings is 1. The monoisotopic (exact) mass is 221 g/mol. The van der Waals surface area contributed by atoms with Crippen molar-refractivity contribution < 1.29 is 4.74 Å². The summed E-state index contributed by atoms with van der Waals surface area (Å²) in [7, 11) is 1.99. The second-order valence-corrected chi connectivity index (χ2v) is 4.01. The lowest BCUT2D eigenvalue weighted by Gasteiger charge is -2.34. The van der Waals surface area contributed by atoms with Crippen molar-refractivity contribution in [3.63, 3.8) is 0 Å². The number of ether oxygens (including phenoxy) is 1. The molecule has 0 aliphatic carbocycles. The topological polar surface area (TPSA) is 37.4 Å². The fourth-order valence-corrected chi connectivity index (χ4v) is 2.11. The third kappa shape index (κ3) is 2.78. The van der Waals surface area contributed by atoms with Crippen LogP contribution in [0.4, 0.5) is 0 Å². The first-order chi connectivity index (χ1) is 7.92. The van der Waals surface area contributed by atoms with E-state index in [-0.39, 0.29) is 0 Å². The van der Waals surface area contributed by atoms with Crippen molar-refractivity contribution in [2.75, 3.05) is 39.9 Å². The van der Waals surface area contributed by atoms with Gasteiger partial charge in [0.2, 0.25) is 0 Å². The molecular formula is C12H19N3O. The van der Waals surface area contributed by atoms with Crippen LogP contribution in [-0.4, -0.2) is 49.8 Å². The van der Waals surface area contributed by atoms with Gasteiger partial charge in [-0.3, -0.25) is 9.88 Å². The van der Waals surface area contributed by atoms with Crippen LogP contribution in [0.5, 0.6) is 0 Å². The van der Waals surface area contributed by atoms with Gasteiger partial charge in [-0.2, -0.15) is 0 Å². The lowest BCUT2D eigenvalue weighted by Crippen LogP contribution is -2.42. The Balaban J connectivity index is 2.09. The highest BCUT2D eigenvalue weighted by atomic mass is 16.5. The van der Waals surface area contributed by atoms with Gasteiger partial charge < -0.3 is 10.1 Å². The molecule has 0 radical (unpaired) electrons. The highest BCUT2D eigenvalue weighted by Gasteiger charge is 2.21. The Bertz CT molecular complexity index is 298. The van der Waals surface area contributed by atoms with Crippen LogP contribution in [0.1, 0.15) is 11.6 Å². The maximum absolute atomic E-state index is 5.39. The summed E-state index contributed by atoms with van der Waals surface area (Å²) in [6.45, 7) is 4.62. The van der Waals surface area contributed by atoms with E-state index in [0.717, 1.165) is 32.8 Å². The van der Waals surface area contributed by atoms with E-state index in [9.17, 15) is 0 Å². The van der Waals surface area contributed by atoms with Crippen LogP contribution in [0, 0.1) is 0 Å². The van der Waals surface area contributed by atoms with Gasteiger partial charge in [0.1, 0.15) is 0 Å². The lowest BCUT2D eigenvalue weighted by molar-refractivity contribution is 0.0164. The van der Waals surface area contributed by atoms with Gasteiger partial charge >= 0.3 is 0 Å². The van der Waals surface area contributed by atoms with E-state index < -0.39 is 0 Å². The number of nitrogens with one attached hydrogen (secondary N) is 1. The van der Waals surface area contributed by atoms with Crippen LogP contribution in [0.2, 0.25) is 0 Å². The predicted molar refractivity (Wildman–Crippen MR) is 63.3 cm³/mol. The molecule has 1 N–H and O–H groups in total. The zero-order valence-corrected chi connectivity index (χ0v) is 9.72. The molecule has 2 rings (SSSR count). The van der Waals surface area contributed by atoms with E-state index in [4.69, 9.17) is 4.74 Å². The third-order valence-corrected chi connectivity index (χ3v) is 2.95. The molecule has 1 saturated heterocycles. The van der Waals surface area contributed by atoms with Gasteiger partial charge in [-0.05, 0) is 18.7 Å². The maximum Gasteiger partial charge on any atom is 0.0594 e. The van der Waals surface area contributed by atoms with Gasteiger partial charge in [0, 0.05) is 38.1 Å². The number of likely N-dealkylation sites (N-methyl/N-ethyl adjacent to an activating group) is 1. The normalized spacial score (nSPS) is 19.6. The quantitative estimate of drug-likeness (QED) is 0.811. The molecule has 0 saturated carbocycles. The van der Waals surface area contributed by atoms with Crippen molar-refractivity contribution in [3.05, 3.63) is 30.1 Å². The van der Waals surface area contributed by atoms with E-state index in [1.165, 1.54) is 5.56 Å². The Labute approximate surface area is 96.6 Å². The summed E-state index contributed by atoms with van der Waals surface area (Å²) in [5.41, 5.74) is 1.28. The molecule has 0 aromatic carbocycles. The van der Waals surface area contributed by atoms with Crippen molar-refractivity contribution in [3.8, 4) is 0 Å². The predicted octanol–water partition coefficient (Wildman–Crippen LogP) is 0.674. The largest absolute Gasteiger partial charge is 0.379 e. The van der Waals surface area contributed by atoms with Crippen LogP contribution in [0.15, 0.2) is 24.5 Å². The maximum atomic E-state index is 5.39. The Morgan fingerprint density at radius 3 is 2.94 bits per heavy atom. The number of morpholine rings is 1. The average molecular weight is 221 g/mol. The number of hydrogen-bond acceptors (Lipinski definition) is 4. The minimum absolute atomic E-state index is 0.405. The molecule has 1 fully saturated rings. The molecule has 0 bridgehead atoms. The minimum Gasteiger partial charge on any atom is -0.379 e. The molecule has 0 spiro atoms. The number of hydrogen-bond donors (Lipinski definition) is 1. The summed E-state index contributed by atoms with van der Waals surface area (Å²) in [6.07, 6.45) is 3.77. The third-order valence-electron chi connectivity index (χ3n) is 2.95. The van der Waals surface area contributed by atoms with E-state index in [2.05, 4.69) is 21.3 Å². The molecule has 88 valence electrons. The molecule has 4 nitrogen and oxygen atoms in total. The second-order valence-electron chi connectivity index (χ2n) is 4.01. The summed E-state index contributed by atoms with van der Waals surface area (Å²) in [5, 5.41) is 3.25. The standard InChI is InChI=1S/C12H19N3O/c1-13-10-12(11-3-2-4-14-9-11)15-5-7-16-8-6-15/h2-4,9,12-13H,5-8,10H2,1H3. The van der Waals surface area contributed by atoms with E-state index in [0.29, 0.717) is 6.04 Å². The highest BCUT2D eigenvalue weighted by molar-refractivity contribution is 5.14. The summed E-state index contributed by atoms with van der Waals surface area (Å²) < 4.78 is 5.39. The van der Waals surface area contributed by atoms with Crippen LogP contribution in [0.3, 0.4) is 0 Å². The van der Waals surface area contributed by atoms with Crippen LogP contribution in [0.25, 0.3) is 0 Å². The van der Waals surface area contributed by atoms with Crippen molar-refractivity contribution in [2.45, 2.75) is 6.04 Å². The molecule has 1 atom stereocenters. The molecule has 1 aliphatic heterocycles. The molecule has 4 heteroatoms. The van der Waals surface area contributed by atoms with E-state index in [1.807, 2.05) is 25.5 Å². The Morgan fingerprint density at radius 2 is 2.31 bits per heavy atom. The molecule has 1 unspecified atom stereocenters. The van der Waals surface area contributed by atoms with Gasteiger partial charge in [-0.25, -0.2) is 0 Å². The molecule has 0 amide bonds. The highest BCUT2D eigenvalue weighted by Crippen LogP contribution is 2.19. The first kappa shape index (κ1) is 11.5. The van der Waals surface area contributed by atoms with Gasteiger partial charge in [0.15, 0.2) is 0 Å². The summed E-state index contributed by atoms with van der Waals surface area (Å²) in [5.74, 6) is 0. The fourth-order valence-electron chi connectivity index (χ4n) is 2.11. The zero-order valence-electron chi connectivity index (χ0n) is 9.72. The fraction of sp³-hybridized carbons (Fsp3) is 0.583. The zero-order chi connectivity index (χ0) is 11.2. The van der Waals surface area contributed by atoms with Gasteiger partial charge in [0.05, 0.1) is 13.2 Å². The van der Waals surface area contributed by atoms with Crippen LogP contribution >= 0.6 is 0 Å². The molecule has 1 aromatic heterocycles. The minimum atomic E-state index is 0.405. The van der Waals surface area contributed by atoms with Crippen molar-refractivity contribution in [1.82, 2.24) is 15.2 Å². The summed E-state index contributed by atoms with van der Waals surface area (Å²) in [4.78, 5) is 6.65. The van der Waals surface area contributed by atoms with Gasteiger partial charge in [-0.15, -0.1) is 0 Å². The van der Waals surface area contributed by atoms with Gasteiger partial charge in [0.25, 0.3) is 0 Å². The first-order valence-corrected chi connectivity index (χ1v) is 5.78. The molecular weight excluding hydrogens is 202 g/mol. The smallest absolute Gasteiger partial charge is 0.0594 e. The van der Waals surface area contributed by atoms with Crippen molar-refractivity contribution in [1.29, 1.82) is 0 Å². The second kappa shape index (κ2) is 5.94. The molecule has 1 aromatic rings. The van der Waals surface area contributed by atoms with E-state index >= 15 is 0 Å².